The molecule has 1 aliphatic heterocycles. The van der Waals surface area contributed by atoms with E-state index in [1.807, 2.05) is 0 Å². The number of aromatic nitrogens is 2. The lowest BCUT2D eigenvalue weighted by atomic mass is 10.0. The van der Waals surface area contributed by atoms with E-state index in [0.717, 1.165) is 51.6 Å². The van der Waals surface area contributed by atoms with Crippen molar-refractivity contribution >= 4 is 24.3 Å². The summed E-state index contributed by atoms with van der Waals surface area (Å²) >= 11 is 0. The summed E-state index contributed by atoms with van der Waals surface area (Å²) in [6.07, 6.45) is 12.9. The molecule has 168 valence electrons. The molecule has 33 heavy (non-hydrogen) atoms. The highest BCUT2D eigenvalue weighted by Crippen LogP contribution is 2.16. The number of aldehydes is 1. The molecule has 0 unspecified atom stereocenters. The van der Waals surface area contributed by atoms with Crippen LogP contribution in [0.25, 0.3) is 17.8 Å². The van der Waals surface area contributed by atoms with Crippen molar-refractivity contribution < 1.29 is 4.79 Å². The number of anilines is 1. The summed E-state index contributed by atoms with van der Waals surface area (Å²) in [6, 6.07) is 14.0. The third-order valence-electron chi connectivity index (χ3n) is 6.53. The van der Waals surface area contributed by atoms with E-state index in [4.69, 9.17) is 0 Å². The Balaban J connectivity index is 1.22. The van der Waals surface area contributed by atoms with Gasteiger partial charge in [0, 0.05) is 49.3 Å². The van der Waals surface area contributed by atoms with Gasteiger partial charge in [0.2, 0.25) is 0 Å². The van der Waals surface area contributed by atoms with E-state index in [-0.39, 0.29) is 11.6 Å². The van der Waals surface area contributed by atoms with Gasteiger partial charge in [-0.3, -0.25) is 19.1 Å². The molecular formula is C27H28N4O2. The van der Waals surface area contributed by atoms with Gasteiger partial charge in [-0.1, -0.05) is 30.4 Å². The quantitative estimate of drug-likeness (QED) is 0.597. The Hall–Kier alpha value is -3.51. The number of nitrogens with one attached hydrogen (secondary N) is 1. The fraction of sp³-hybridized carbons (Fsp3) is 0.296. The van der Waals surface area contributed by atoms with E-state index in [1.165, 1.54) is 16.0 Å². The number of carbonyl (C=O) groups excluding carboxylic acids is 1. The molecule has 1 fully saturated rings. The first-order valence-corrected chi connectivity index (χ1v) is 11.6. The maximum Gasteiger partial charge on any atom is 0.297 e. The molecule has 0 bridgehead atoms. The van der Waals surface area contributed by atoms with Gasteiger partial charge >= 0.3 is 0 Å². The molecule has 6 nitrogen and oxygen atoms in total. The first-order chi connectivity index (χ1) is 16.2. The molecular weight excluding hydrogens is 412 g/mol. The SMILES string of the molecule is O=Cc1ccc(-n2ccnc(NC3CCN(Cc4ccc5c(c4)=CCCC=5)CC3)c2=O)cc1. The summed E-state index contributed by atoms with van der Waals surface area (Å²) in [6.45, 7) is 2.93. The minimum atomic E-state index is -0.180. The lowest BCUT2D eigenvalue weighted by Crippen LogP contribution is -2.40. The lowest BCUT2D eigenvalue weighted by molar-refractivity contribution is 0.112. The van der Waals surface area contributed by atoms with Crippen LogP contribution in [0.1, 0.15) is 41.6 Å². The van der Waals surface area contributed by atoms with E-state index < -0.39 is 0 Å². The van der Waals surface area contributed by atoms with Gasteiger partial charge in [0.25, 0.3) is 5.56 Å². The van der Waals surface area contributed by atoms with Crippen molar-refractivity contribution in [1.82, 2.24) is 14.5 Å². The van der Waals surface area contributed by atoms with E-state index >= 15 is 0 Å². The highest BCUT2D eigenvalue weighted by Gasteiger charge is 2.21. The van der Waals surface area contributed by atoms with Gasteiger partial charge in [0.05, 0.1) is 0 Å². The normalized spacial score (nSPS) is 16.4. The van der Waals surface area contributed by atoms with Gasteiger partial charge < -0.3 is 5.32 Å². The Morgan fingerprint density at radius 3 is 2.52 bits per heavy atom. The minimum absolute atomic E-state index is 0.180. The van der Waals surface area contributed by atoms with E-state index in [0.29, 0.717) is 17.1 Å². The lowest BCUT2D eigenvalue weighted by Gasteiger charge is -2.32. The van der Waals surface area contributed by atoms with E-state index in [9.17, 15) is 9.59 Å². The summed E-state index contributed by atoms with van der Waals surface area (Å²) in [5, 5.41) is 6.09. The monoisotopic (exact) mass is 440 g/mol. The topological polar surface area (TPSA) is 67.2 Å². The molecule has 0 radical (unpaired) electrons. The van der Waals surface area contributed by atoms with Crippen LogP contribution in [0, 0.1) is 0 Å². The number of hydrogen-bond donors (Lipinski definition) is 1. The number of fused-ring (bicyclic) bond motifs is 1. The number of rotatable bonds is 6. The second-order valence-electron chi connectivity index (χ2n) is 8.80. The molecule has 2 aliphatic rings. The van der Waals surface area contributed by atoms with Gasteiger partial charge in [-0.2, -0.15) is 0 Å². The summed E-state index contributed by atoms with van der Waals surface area (Å²) in [7, 11) is 0. The average Bonchev–Trinajstić information content (AvgIpc) is 2.86. The molecule has 2 heterocycles. The maximum absolute atomic E-state index is 13.0. The van der Waals surface area contributed by atoms with Crippen LogP contribution in [0.15, 0.2) is 59.7 Å². The van der Waals surface area contributed by atoms with Crippen LogP contribution >= 0.6 is 0 Å². The third kappa shape index (κ3) is 4.81. The van der Waals surface area contributed by atoms with Crippen molar-refractivity contribution in [3.8, 4) is 5.69 Å². The largest absolute Gasteiger partial charge is 0.363 e. The summed E-state index contributed by atoms with van der Waals surface area (Å²) in [5.41, 5.74) is 2.48. The third-order valence-corrected chi connectivity index (χ3v) is 6.53. The van der Waals surface area contributed by atoms with Crippen molar-refractivity contribution in [3.05, 3.63) is 86.8 Å². The van der Waals surface area contributed by atoms with Crippen molar-refractivity contribution in [3.63, 3.8) is 0 Å². The zero-order valence-electron chi connectivity index (χ0n) is 18.6. The highest BCUT2D eigenvalue weighted by atomic mass is 16.1. The second-order valence-corrected chi connectivity index (χ2v) is 8.80. The molecule has 6 heteroatoms. The van der Waals surface area contributed by atoms with E-state index in [1.54, 1.807) is 41.2 Å². The zero-order valence-corrected chi connectivity index (χ0v) is 18.6. The average molecular weight is 441 g/mol. The fourth-order valence-corrected chi connectivity index (χ4v) is 4.68. The molecule has 2 aromatic carbocycles. The molecule has 0 atom stereocenters. The number of nitrogens with zero attached hydrogens (tertiary/aromatic N) is 3. The minimum Gasteiger partial charge on any atom is -0.363 e. The van der Waals surface area contributed by atoms with E-state index in [2.05, 4.69) is 45.6 Å². The standard InChI is InChI=1S/C27H28N4O2/c32-19-20-6-9-25(10-7-20)31-16-13-28-26(27(31)33)29-24-11-14-30(15-12-24)18-21-5-8-22-3-1-2-4-23(22)17-21/h3-10,13,16-17,19,24H,1-2,11-12,14-15,18H2,(H,28,29). The second kappa shape index (κ2) is 9.55. The number of benzene rings is 2. The maximum atomic E-state index is 13.0. The van der Waals surface area contributed by atoms with Crippen molar-refractivity contribution in [2.75, 3.05) is 18.4 Å². The van der Waals surface area contributed by atoms with Gasteiger partial charge in [-0.15, -0.1) is 0 Å². The zero-order chi connectivity index (χ0) is 22.6. The number of likely N-dealkylation sites (tertiary alicyclic amines) is 1. The molecule has 3 aromatic rings. The first kappa shape index (κ1) is 21.3. The molecule has 5 rings (SSSR count). The van der Waals surface area contributed by atoms with Crippen molar-refractivity contribution in [2.24, 2.45) is 0 Å². The number of carbonyl (C=O) groups is 1. The van der Waals surface area contributed by atoms with Crippen LogP contribution in [0.2, 0.25) is 0 Å². The smallest absolute Gasteiger partial charge is 0.297 e. The predicted molar refractivity (Wildman–Crippen MR) is 131 cm³/mol. The van der Waals surface area contributed by atoms with Gasteiger partial charge in [0.15, 0.2) is 5.82 Å². The van der Waals surface area contributed by atoms with Gasteiger partial charge in [0.1, 0.15) is 6.29 Å². The molecule has 0 amide bonds. The van der Waals surface area contributed by atoms with Crippen LogP contribution in [0.5, 0.6) is 0 Å². The molecule has 1 saturated heterocycles. The molecule has 0 spiro atoms. The summed E-state index contributed by atoms with van der Waals surface area (Å²) < 4.78 is 1.56. The Labute approximate surface area is 192 Å². The number of hydrogen-bond acceptors (Lipinski definition) is 5. The van der Waals surface area contributed by atoms with Crippen molar-refractivity contribution in [1.29, 1.82) is 0 Å². The number of piperidine rings is 1. The molecule has 1 aliphatic carbocycles. The molecule has 0 saturated carbocycles. The molecule has 1 aromatic heterocycles. The Morgan fingerprint density at radius 2 is 1.76 bits per heavy atom. The molecule has 1 N–H and O–H groups in total. The van der Waals surface area contributed by atoms with Crippen molar-refractivity contribution in [2.45, 2.75) is 38.3 Å². The Morgan fingerprint density at radius 1 is 1.00 bits per heavy atom. The fourth-order valence-electron chi connectivity index (χ4n) is 4.68. The van der Waals surface area contributed by atoms with Crippen LogP contribution in [0.4, 0.5) is 5.82 Å². The summed E-state index contributed by atoms with van der Waals surface area (Å²) in [5.74, 6) is 0.372. The Bertz CT molecular complexity index is 1320. The summed E-state index contributed by atoms with van der Waals surface area (Å²) in [4.78, 5) is 30.6. The van der Waals surface area contributed by atoms with Gasteiger partial charge in [-0.05, 0) is 65.9 Å². The van der Waals surface area contributed by atoms with Crippen LogP contribution in [-0.2, 0) is 6.54 Å². The predicted octanol–water partition coefficient (Wildman–Crippen LogP) is 2.48. The van der Waals surface area contributed by atoms with Gasteiger partial charge in [-0.25, -0.2) is 4.98 Å². The van der Waals surface area contributed by atoms with Crippen LogP contribution < -0.4 is 21.3 Å². The van der Waals surface area contributed by atoms with Crippen LogP contribution in [0.3, 0.4) is 0 Å². The van der Waals surface area contributed by atoms with Crippen LogP contribution in [-0.4, -0.2) is 39.9 Å². The first-order valence-electron chi connectivity index (χ1n) is 11.6. The Kier molecular flexibility index (Phi) is 6.17. The highest BCUT2D eigenvalue weighted by molar-refractivity contribution is 5.75.